The van der Waals surface area contributed by atoms with Gasteiger partial charge < -0.3 is 9.32 Å². The van der Waals surface area contributed by atoms with Crippen LogP contribution in [0.15, 0.2) is 192 Å². The minimum Gasteiger partial charge on any atom is -0.456 e. The summed E-state index contributed by atoms with van der Waals surface area (Å²) in [5.41, 5.74) is 15.1. The van der Waals surface area contributed by atoms with Crippen LogP contribution in [0.2, 0.25) is 0 Å². The summed E-state index contributed by atoms with van der Waals surface area (Å²) in [5, 5.41) is 7.28. The minimum absolute atomic E-state index is 0.242. The molecular weight excluding hydrogens is 667 g/mol. The maximum absolute atomic E-state index is 6.34. The van der Waals surface area contributed by atoms with Crippen molar-refractivity contribution in [1.82, 2.24) is 0 Å². The first-order valence-corrected chi connectivity index (χ1v) is 19.1. The van der Waals surface area contributed by atoms with E-state index in [1.54, 1.807) is 0 Å². The summed E-state index contributed by atoms with van der Waals surface area (Å²) in [6, 6.07) is 68.5. The third-order valence-electron chi connectivity index (χ3n) is 11.8. The van der Waals surface area contributed by atoms with Crippen LogP contribution in [0.1, 0.15) is 25.0 Å². The SMILES string of the molecule is CC1(C)c2ccc3ccccc3c2-c2cccc(N(c3cccc(-c4cccc5cccc(-c6ccccc6)c45)c3)c3ccc4oc5ccccc5c4c3)c21. The molecule has 0 unspecified atom stereocenters. The fourth-order valence-corrected chi connectivity index (χ4v) is 9.34. The van der Waals surface area contributed by atoms with Crippen molar-refractivity contribution in [3.05, 3.63) is 199 Å². The van der Waals surface area contributed by atoms with E-state index in [1.807, 2.05) is 6.07 Å². The fraction of sp³-hybridized carbons (Fsp3) is 0.0566. The highest BCUT2D eigenvalue weighted by Crippen LogP contribution is 2.56. The Labute approximate surface area is 320 Å². The maximum atomic E-state index is 6.34. The van der Waals surface area contributed by atoms with Crippen LogP contribution in [0, 0.1) is 0 Å². The number of nitrogens with zero attached hydrogens (tertiary/aromatic N) is 1. The van der Waals surface area contributed by atoms with Gasteiger partial charge in [0.25, 0.3) is 0 Å². The van der Waals surface area contributed by atoms with Crippen molar-refractivity contribution in [2.45, 2.75) is 19.3 Å². The molecule has 0 spiro atoms. The third-order valence-corrected chi connectivity index (χ3v) is 11.8. The van der Waals surface area contributed by atoms with Gasteiger partial charge in [-0.05, 0) is 109 Å². The lowest BCUT2D eigenvalue weighted by molar-refractivity contribution is 0.661. The number of para-hydroxylation sites is 1. The first-order valence-electron chi connectivity index (χ1n) is 19.1. The second-order valence-electron chi connectivity index (χ2n) is 15.3. The van der Waals surface area contributed by atoms with Crippen LogP contribution >= 0.6 is 0 Å². The predicted molar refractivity (Wildman–Crippen MR) is 232 cm³/mol. The van der Waals surface area contributed by atoms with E-state index in [0.29, 0.717) is 0 Å². The molecule has 0 radical (unpaired) electrons. The second-order valence-corrected chi connectivity index (χ2v) is 15.3. The van der Waals surface area contributed by atoms with Crippen molar-refractivity contribution in [1.29, 1.82) is 0 Å². The highest BCUT2D eigenvalue weighted by molar-refractivity contribution is 6.09. The molecular formula is C53H37NO. The quantitative estimate of drug-likeness (QED) is 0.177. The van der Waals surface area contributed by atoms with Crippen LogP contribution in [-0.4, -0.2) is 0 Å². The normalized spacial score (nSPS) is 13.1. The van der Waals surface area contributed by atoms with Gasteiger partial charge in [0.2, 0.25) is 0 Å². The third kappa shape index (κ3) is 4.81. The van der Waals surface area contributed by atoms with Crippen LogP contribution in [0.3, 0.4) is 0 Å². The number of furan rings is 1. The van der Waals surface area contributed by atoms with E-state index in [2.05, 4.69) is 201 Å². The lowest BCUT2D eigenvalue weighted by Gasteiger charge is -2.32. The molecule has 0 N–H and O–H groups in total. The molecule has 0 bridgehead atoms. The molecule has 0 amide bonds. The molecule has 2 nitrogen and oxygen atoms in total. The molecule has 0 atom stereocenters. The van der Waals surface area contributed by atoms with Crippen molar-refractivity contribution < 1.29 is 4.42 Å². The Morgan fingerprint density at radius 3 is 1.93 bits per heavy atom. The van der Waals surface area contributed by atoms with Crippen LogP contribution < -0.4 is 4.90 Å². The van der Waals surface area contributed by atoms with Gasteiger partial charge in [-0.3, -0.25) is 0 Å². The Bertz CT molecular complexity index is 3130. The van der Waals surface area contributed by atoms with E-state index < -0.39 is 0 Å². The average Bonchev–Trinajstić information content (AvgIpc) is 3.72. The fourth-order valence-electron chi connectivity index (χ4n) is 9.34. The first-order chi connectivity index (χ1) is 27.0. The van der Waals surface area contributed by atoms with Crippen LogP contribution in [-0.2, 0) is 5.41 Å². The number of fused-ring (bicyclic) bond motifs is 9. The van der Waals surface area contributed by atoms with Crippen molar-refractivity contribution in [3.63, 3.8) is 0 Å². The lowest BCUT2D eigenvalue weighted by Crippen LogP contribution is -2.20. The van der Waals surface area contributed by atoms with Gasteiger partial charge in [-0.1, -0.05) is 159 Å². The highest BCUT2D eigenvalue weighted by atomic mass is 16.3. The molecule has 9 aromatic carbocycles. The second kappa shape index (κ2) is 12.1. The maximum Gasteiger partial charge on any atom is 0.135 e. The number of anilines is 3. The molecule has 2 heteroatoms. The molecule has 260 valence electrons. The summed E-state index contributed by atoms with van der Waals surface area (Å²) >= 11 is 0. The van der Waals surface area contributed by atoms with Gasteiger partial charge in [0.05, 0.1) is 5.69 Å². The topological polar surface area (TPSA) is 16.4 Å². The average molecular weight is 704 g/mol. The Morgan fingerprint density at radius 2 is 1.07 bits per heavy atom. The van der Waals surface area contributed by atoms with E-state index >= 15 is 0 Å². The van der Waals surface area contributed by atoms with Crippen molar-refractivity contribution in [2.75, 3.05) is 4.90 Å². The zero-order valence-electron chi connectivity index (χ0n) is 30.8. The number of rotatable bonds is 5. The van der Waals surface area contributed by atoms with E-state index in [9.17, 15) is 0 Å². The molecule has 10 aromatic rings. The van der Waals surface area contributed by atoms with Crippen molar-refractivity contribution in [2.24, 2.45) is 0 Å². The standard InChI is InChI=1S/C53H37NO/c1-53(2)46-30-28-35-16-6-7-21-41(35)51(46)44-25-13-26-47(52(44)53)54(39-29-31-49-45(33-39)43-22-8-9-27-48(43)55-49)38-20-10-19-37(32-38)42-24-12-18-36-17-11-23-40(50(36)42)34-14-4-3-5-15-34/h3-33H,1-2H3. The summed E-state index contributed by atoms with van der Waals surface area (Å²) < 4.78 is 6.34. The molecule has 1 aromatic heterocycles. The predicted octanol–water partition coefficient (Wildman–Crippen LogP) is 15.0. The molecule has 11 rings (SSSR count). The van der Waals surface area contributed by atoms with Crippen molar-refractivity contribution in [3.8, 4) is 33.4 Å². The molecule has 55 heavy (non-hydrogen) atoms. The zero-order valence-corrected chi connectivity index (χ0v) is 30.8. The highest BCUT2D eigenvalue weighted by Gasteiger charge is 2.40. The number of benzene rings is 9. The van der Waals surface area contributed by atoms with Crippen LogP contribution in [0.4, 0.5) is 17.1 Å². The zero-order chi connectivity index (χ0) is 36.7. The molecule has 1 aliphatic carbocycles. The van der Waals surface area contributed by atoms with Gasteiger partial charge in [-0.2, -0.15) is 0 Å². The molecule has 0 saturated heterocycles. The summed E-state index contributed by atoms with van der Waals surface area (Å²) in [4.78, 5) is 2.47. The molecule has 0 aliphatic heterocycles. The van der Waals surface area contributed by atoms with Gasteiger partial charge in [-0.25, -0.2) is 0 Å². The summed E-state index contributed by atoms with van der Waals surface area (Å²) in [7, 11) is 0. The molecule has 0 fully saturated rings. The van der Waals surface area contributed by atoms with Gasteiger partial charge in [0, 0.05) is 27.6 Å². The van der Waals surface area contributed by atoms with E-state index in [4.69, 9.17) is 4.42 Å². The van der Waals surface area contributed by atoms with E-state index in [-0.39, 0.29) is 5.41 Å². The summed E-state index contributed by atoms with van der Waals surface area (Å²) in [6.45, 7) is 4.77. The lowest BCUT2D eigenvalue weighted by atomic mass is 9.81. The van der Waals surface area contributed by atoms with Crippen molar-refractivity contribution >= 4 is 60.5 Å². The Hall–Kier alpha value is -6.90. The van der Waals surface area contributed by atoms with E-state index in [0.717, 1.165) is 33.3 Å². The largest absolute Gasteiger partial charge is 0.456 e. The minimum atomic E-state index is -0.242. The van der Waals surface area contributed by atoms with E-state index in [1.165, 1.54) is 71.7 Å². The summed E-state index contributed by atoms with van der Waals surface area (Å²) in [6.07, 6.45) is 0. The molecule has 1 aliphatic rings. The van der Waals surface area contributed by atoms with Gasteiger partial charge in [0.1, 0.15) is 11.2 Å². The Morgan fingerprint density at radius 1 is 0.436 bits per heavy atom. The van der Waals surface area contributed by atoms with Gasteiger partial charge >= 0.3 is 0 Å². The van der Waals surface area contributed by atoms with Crippen LogP contribution in [0.5, 0.6) is 0 Å². The molecule has 1 heterocycles. The Balaban J connectivity index is 1.17. The van der Waals surface area contributed by atoms with Gasteiger partial charge in [0.15, 0.2) is 0 Å². The Kier molecular flexibility index (Phi) is 6.93. The summed E-state index contributed by atoms with van der Waals surface area (Å²) in [5.74, 6) is 0. The molecule has 0 saturated carbocycles. The number of hydrogen-bond donors (Lipinski definition) is 0. The first kappa shape index (κ1) is 31.6. The van der Waals surface area contributed by atoms with Gasteiger partial charge in [-0.15, -0.1) is 0 Å². The van der Waals surface area contributed by atoms with Crippen LogP contribution in [0.25, 0.3) is 76.9 Å². The smallest absolute Gasteiger partial charge is 0.135 e. The number of hydrogen-bond acceptors (Lipinski definition) is 2. The monoisotopic (exact) mass is 703 g/mol.